The van der Waals surface area contributed by atoms with Crippen LogP contribution in [0.25, 0.3) is 0 Å². The van der Waals surface area contributed by atoms with Crippen molar-refractivity contribution in [2.24, 2.45) is 11.8 Å². The van der Waals surface area contributed by atoms with Crippen LogP contribution in [0.4, 0.5) is 0 Å². The normalized spacial score (nSPS) is 13.3. The molecule has 0 saturated heterocycles. The van der Waals surface area contributed by atoms with Crippen LogP contribution in [0, 0.1) is 11.8 Å². The molecule has 0 saturated carbocycles. The fourth-order valence-electron chi connectivity index (χ4n) is 1.82. The van der Waals surface area contributed by atoms with Gasteiger partial charge in [0.2, 0.25) is 0 Å². The molecule has 1 heterocycles. The minimum atomic E-state index is -0.816. The first-order chi connectivity index (χ1) is 7.91. The highest BCUT2D eigenvalue weighted by Gasteiger charge is 2.23. The van der Waals surface area contributed by atoms with Gasteiger partial charge >= 0.3 is 5.97 Å². The fraction of sp³-hybridized carbons (Fsp3) is 0.750. The van der Waals surface area contributed by atoms with E-state index in [1.54, 1.807) is 4.57 Å². The van der Waals surface area contributed by atoms with E-state index in [0.29, 0.717) is 18.3 Å². The first-order valence-electron chi connectivity index (χ1n) is 6.03. The van der Waals surface area contributed by atoms with E-state index in [9.17, 15) is 9.90 Å². The van der Waals surface area contributed by atoms with Crippen LogP contribution in [0.15, 0.2) is 6.33 Å². The van der Waals surface area contributed by atoms with Crippen LogP contribution >= 0.6 is 0 Å². The second-order valence-corrected chi connectivity index (χ2v) is 5.24. The maximum Gasteiger partial charge on any atom is 0.326 e. The van der Waals surface area contributed by atoms with Crippen molar-refractivity contribution in [2.75, 3.05) is 0 Å². The Morgan fingerprint density at radius 3 is 2.47 bits per heavy atom. The van der Waals surface area contributed by atoms with Crippen LogP contribution in [0.2, 0.25) is 0 Å². The Labute approximate surface area is 102 Å². The van der Waals surface area contributed by atoms with Gasteiger partial charge in [0, 0.05) is 6.42 Å². The average molecular weight is 239 g/mol. The first kappa shape index (κ1) is 13.7. The number of hydrogen-bond donors (Lipinski definition) is 1. The van der Waals surface area contributed by atoms with Crippen molar-refractivity contribution in [2.45, 2.75) is 46.6 Å². The molecule has 0 aliphatic carbocycles. The van der Waals surface area contributed by atoms with Gasteiger partial charge in [0.05, 0.1) is 0 Å². The Hall–Kier alpha value is -1.39. The van der Waals surface area contributed by atoms with Crippen LogP contribution in [0.1, 0.15) is 46.0 Å². The summed E-state index contributed by atoms with van der Waals surface area (Å²) in [4.78, 5) is 11.3. The van der Waals surface area contributed by atoms with Crippen LogP contribution in [0.5, 0.6) is 0 Å². The predicted molar refractivity (Wildman–Crippen MR) is 64.7 cm³/mol. The molecular formula is C12H21N3O2. The number of nitrogens with zero attached hydrogens (tertiary/aromatic N) is 3. The van der Waals surface area contributed by atoms with E-state index in [1.807, 2.05) is 13.8 Å². The minimum Gasteiger partial charge on any atom is -0.480 e. The van der Waals surface area contributed by atoms with E-state index in [1.165, 1.54) is 6.33 Å². The highest BCUT2D eigenvalue weighted by molar-refractivity contribution is 5.71. The van der Waals surface area contributed by atoms with Gasteiger partial charge in [-0.25, -0.2) is 4.79 Å². The van der Waals surface area contributed by atoms with Gasteiger partial charge in [0.25, 0.3) is 0 Å². The molecule has 0 radical (unpaired) electrons. The van der Waals surface area contributed by atoms with Crippen LogP contribution in [-0.4, -0.2) is 25.8 Å². The maximum atomic E-state index is 11.3. The van der Waals surface area contributed by atoms with Crippen molar-refractivity contribution in [1.29, 1.82) is 0 Å². The van der Waals surface area contributed by atoms with Crippen molar-refractivity contribution in [3.8, 4) is 0 Å². The van der Waals surface area contributed by atoms with Gasteiger partial charge in [-0.3, -0.25) is 0 Å². The Bertz CT molecular complexity index is 372. The van der Waals surface area contributed by atoms with E-state index in [4.69, 9.17) is 0 Å². The van der Waals surface area contributed by atoms with Gasteiger partial charge in [-0.2, -0.15) is 0 Å². The molecule has 17 heavy (non-hydrogen) atoms. The molecule has 1 N–H and O–H groups in total. The lowest BCUT2D eigenvalue weighted by Gasteiger charge is -2.18. The summed E-state index contributed by atoms with van der Waals surface area (Å²) in [5.74, 6) is 0.702. The van der Waals surface area contributed by atoms with E-state index in [2.05, 4.69) is 24.0 Å². The van der Waals surface area contributed by atoms with E-state index < -0.39 is 12.0 Å². The number of carboxylic acid groups (broad SMARTS) is 1. The van der Waals surface area contributed by atoms with E-state index in [0.717, 1.165) is 12.2 Å². The highest BCUT2D eigenvalue weighted by Crippen LogP contribution is 2.20. The minimum absolute atomic E-state index is 0.324. The second kappa shape index (κ2) is 5.80. The van der Waals surface area contributed by atoms with Gasteiger partial charge in [-0.15, -0.1) is 10.2 Å². The molecule has 5 heteroatoms. The molecule has 1 aromatic rings. The molecule has 0 bridgehead atoms. The molecule has 1 atom stereocenters. The molecular weight excluding hydrogens is 218 g/mol. The Balaban J connectivity index is 2.94. The van der Waals surface area contributed by atoms with Crippen molar-refractivity contribution in [1.82, 2.24) is 14.8 Å². The predicted octanol–water partition coefficient (Wildman–Crippen LogP) is 2.15. The van der Waals surface area contributed by atoms with Crippen molar-refractivity contribution in [3.63, 3.8) is 0 Å². The van der Waals surface area contributed by atoms with Gasteiger partial charge in [-0.1, -0.05) is 27.7 Å². The molecule has 1 aromatic heterocycles. The molecule has 0 aromatic carbocycles. The zero-order chi connectivity index (χ0) is 13.0. The van der Waals surface area contributed by atoms with Crippen LogP contribution < -0.4 is 0 Å². The number of carbonyl (C=O) groups is 1. The van der Waals surface area contributed by atoms with Crippen LogP contribution in [0.3, 0.4) is 0 Å². The quantitative estimate of drug-likeness (QED) is 0.825. The number of rotatable bonds is 6. The highest BCUT2D eigenvalue weighted by atomic mass is 16.4. The monoisotopic (exact) mass is 239 g/mol. The molecule has 96 valence electrons. The number of aliphatic carboxylic acids is 1. The third kappa shape index (κ3) is 3.84. The number of carboxylic acids is 1. The number of hydrogen-bond acceptors (Lipinski definition) is 3. The lowest BCUT2D eigenvalue weighted by molar-refractivity contribution is -0.141. The molecule has 0 amide bonds. The summed E-state index contributed by atoms with van der Waals surface area (Å²) in [6.45, 7) is 8.19. The zero-order valence-electron chi connectivity index (χ0n) is 10.9. The van der Waals surface area contributed by atoms with Crippen molar-refractivity contribution < 1.29 is 9.90 Å². The molecule has 0 spiro atoms. The van der Waals surface area contributed by atoms with Gasteiger partial charge in [0.15, 0.2) is 0 Å². The average Bonchev–Trinajstić information content (AvgIpc) is 2.60. The van der Waals surface area contributed by atoms with E-state index in [-0.39, 0.29) is 0 Å². The molecule has 1 unspecified atom stereocenters. The van der Waals surface area contributed by atoms with Gasteiger partial charge < -0.3 is 9.67 Å². The maximum absolute atomic E-state index is 11.3. The summed E-state index contributed by atoms with van der Waals surface area (Å²) in [5, 5.41) is 17.1. The molecule has 0 aliphatic heterocycles. The summed E-state index contributed by atoms with van der Waals surface area (Å²) in [6, 6.07) is -0.557. The Kier molecular flexibility index (Phi) is 4.66. The Morgan fingerprint density at radius 1 is 1.35 bits per heavy atom. The first-order valence-corrected chi connectivity index (χ1v) is 6.03. The molecule has 1 rings (SSSR count). The Morgan fingerprint density at radius 2 is 2.00 bits per heavy atom. The third-order valence-electron chi connectivity index (χ3n) is 2.55. The topological polar surface area (TPSA) is 68.0 Å². The van der Waals surface area contributed by atoms with Crippen molar-refractivity contribution >= 4 is 5.97 Å². The summed E-state index contributed by atoms with van der Waals surface area (Å²) in [7, 11) is 0. The lowest BCUT2D eigenvalue weighted by atomic mass is 10.0. The third-order valence-corrected chi connectivity index (χ3v) is 2.55. The van der Waals surface area contributed by atoms with Gasteiger partial charge in [-0.05, 0) is 18.3 Å². The molecule has 0 aliphatic rings. The summed E-state index contributed by atoms with van der Waals surface area (Å²) in [6.07, 6.45) is 2.87. The SMILES string of the molecule is CC(C)Cc1nncn1C(CC(C)C)C(=O)O. The van der Waals surface area contributed by atoms with Crippen LogP contribution in [-0.2, 0) is 11.2 Å². The van der Waals surface area contributed by atoms with Gasteiger partial charge in [0.1, 0.15) is 18.2 Å². The smallest absolute Gasteiger partial charge is 0.326 e. The summed E-state index contributed by atoms with van der Waals surface area (Å²) >= 11 is 0. The van der Waals surface area contributed by atoms with Crippen molar-refractivity contribution in [3.05, 3.63) is 12.2 Å². The molecule has 0 fully saturated rings. The largest absolute Gasteiger partial charge is 0.480 e. The summed E-state index contributed by atoms with van der Waals surface area (Å²) in [5.41, 5.74) is 0. The van der Waals surface area contributed by atoms with E-state index >= 15 is 0 Å². The second-order valence-electron chi connectivity index (χ2n) is 5.24. The standard InChI is InChI=1S/C12H21N3O2/c1-8(2)5-10(12(16)17)15-7-13-14-11(15)6-9(3)4/h7-10H,5-6H2,1-4H3,(H,16,17). The summed E-state index contributed by atoms with van der Waals surface area (Å²) < 4.78 is 1.70. The lowest BCUT2D eigenvalue weighted by Crippen LogP contribution is -2.22. The number of aromatic nitrogens is 3. The fourth-order valence-corrected chi connectivity index (χ4v) is 1.82. The molecule has 5 nitrogen and oxygen atoms in total. The zero-order valence-corrected chi connectivity index (χ0v) is 10.9.